The second kappa shape index (κ2) is 4.24. The predicted molar refractivity (Wildman–Crippen MR) is 69.6 cm³/mol. The molecular formula is C13H14N2O2S. The maximum absolute atomic E-state index is 11.9. The molecule has 1 fully saturated rings. The quantitative estimate of drug-likeness (QED) is 0.668. The topological polar surface area (TPSA) is 58.5 Å². The van der Waals surface area contributed by atoms with Gasteiger partial charge in [-0.3, -0.25) is 0 Å². The summed E-state index contributed by atoms with van der Waals surface area (Å²) < 4.78 is 23.9. The van der Waals surface area contributed by atoms with Crippen LogP contribution in [0.25, 0.3) is 0 Å². The molecule has 1 aromatic carbocycles. The monoisotopic (exact) mass is 262 g/mol. The largest absolute Gasteiger partial charge is 0.276 e. The molecule has 0 spiro atoms. The van der Waals surface area contributed by atoms with Crippen LogP contribution in [0.3, 0.4) is 0 Å². The first-order valence-corrected chi connectivity index (χ1v) is 7.45. The number of nitrogens with zero attached hydrogens (tertiary/aromatic N) is 1. The lowest BCUT2D eigenvalue weighted by atomic mass is 9.74. The highest BCUT2D eigenvalue weighted by Crippen LogP contribution is 2.40. The summed E-state index contributed by atoms with van der Waals surface area (Å²) in [5.74, 6) is 0.994. The minimum absolute atomic E-state index is 0.245. The molecule has 94 valence electrons. The molecule has 18 heavy (non-hydrogen) atoms. The minimum atomic E-state index is -3.52. The fourth-order valence-electron chi connectivity index (χ4n) is 2.43. The zero-order valence-electron chi connectivity index (χ0n) is 9.78. The molecule has 1 saturated carbocycles. The van der Waals surface area contributed by atoms with Gasteiger partial charge in [0, 0.05) is 11.6 Å². The predicted octanol–water partition coefficient (Wildman–Crippen LogP) is 1.92. The lowest BCUT2D eigenvalue weighted by Gasteiger charge is -2.31. The van der Waals surface area contributed by atoms with Crippen molar-refractivity contribution in [3.8, 4) is 0 Å². The molecule has 0 aliphatic heterocycles. The molecule has 3 rings (SSSR count). The molecule has 1 aromatic rings. The van der Waals surface area contributed by atoms with Crippen LogP contribution in [0.5, 0.6) is 0 Å². The molecule has 0 bridgehead atoms. The van der Waals surface area contributed by atoms with E-state index in [0.29, 0.717) is 11.8 Å². The third-order valence-electron chi connectivity index (χ3n) is 3.53. The molecule has 0 radical (unpaired) electrons. The van der Waals surface area contributed by atoms with E-state index in [4.69, 9.17) is 0 Å². The normalized spacial score (nSPS) is 27.9. The van der Waals surface area contributed by atoms with E-state index in [9.17, 15) is 8.42 Å². The maximum Gasteiger partial charge on any atom is 0.276 e. The van der Waals surface area contributed by atoms with Crippen LogP contribution in [0.1, 0.15) is 12.8 Å². The summed E-state index contributed by atoms with van der Waals surface area (Å²) in [6.45, 7) is 0. The Bertz CT molecular complexity index is 605. The molecule has 0 heterocycles. The average molecular weight is 262 g/mol. The van der Waals surface area contributed by atoms with Gasteiger partial charge < -0.3 is 0 Å². The van der Waals surface area contributed by atoms with E-state index in [0.717, 1.165) is 18.6 Å². The second-order valence-electron chi connectivity index (χ2n) is 4.65. The Kier molecular flexibility index (Phi) is 2.70. The van der Waals surface area contributed by atoms with E-state index in [2.05, 4.69) is 22.1 Å². The van der Waals surface area contributed by atoms with Crippen molar-refractivity contribution in [1.82, 2.24) is 4.83 Å². The Morgan fingerprint density at radius 1 is 1.22 bits per heavy atom. The van der Waals surface area contributed by atoms with Crippen LogP contribution in [0.4, 0.5) is 0 Å². The lowest BCUT2D eigenvalue weighted by Crippen LogP contribution is -2.35. The molecule has 5 heteroatoms. The lowest BCUT2D eigenvalue weighted by molar-refractivity contribution is 0.463. The molecular weight excluding hydrogens is 248 g/mol. The van der Waals surface area contributed by atoms with E-state index >= 15 is 0 Å². The van der Waals surface area contributed by atoms with E-state index < -0.39 is 10.0 Å². The van der Waals surface area contributed by atoms with Crippen molar-refractivity contribution < 1.29 is 8.42 Å². The van der Waals surface area contributed by atoms with Crippen LogP contribution in [0.2, 0.25) is 0 Å². The number of hydrogen-bond acceptors (Lipinski definition) is 3. The van der Waals surface area contributed by atoms with Crippen LogP contribution in [-0.2, 0) is 10.0 Å². The number of hydrogen-bond donors (Lipinski definition) is 1. The zero-order valence-corrected chi connectivity index (χ0v) is 10.6. The van der Waals surface area contributed by atoms with E-state index in [-0.39, 0.29) is 4.90 Å². The van der Waals surface area contributed by atoms with Crippen molar-refractivity contribution in [2.45, 2.75) is 17.7 Å². The highest BCUT2D eigenvalue weighted by atomic mass is 32.2. The van der Waals surface area contributed by atoms with E-state index in [1.54, 1.807) is 30.3 Å². The van der Waals surface area contributed by atoms with Crippen LogP contribution >= 0.6 is 0 Å². The smallest absolute Gasteiger partial charge is 0.200 e. The molecule has 2 atom stereocenters. The number of benzene rings is 1. The molecule has 0 unspecified atom stereocenters. The molecule has 1 N–H and O–H groups in total. The van der Waals surface area contributed by atoms with Crippen LogP contribution in [-0.4, -0.2) is 14.1 Å². The summed E-state index contributed by atoms with van der Waals surface area (Å²) in [6, 6.07) is 8.29. The van der Waals surface area contributed by atoms with Gasteiger partial charge in [0.2, 0.25) is 0 Å². The van der Waals surface area contributed by atoms with E-state index in [1.807, 2.05) is 0 Å². The fraction of sp³-hybridized carbons (Fsp3) is 0.308. The third-order valence-corrected chi connectivity index (χ3v) is 4.75. The van der Waals surface area contributed by atoms with Crippen LogP contribution in [0.15, 0.2) is 52.5 Å². The van der Waals surface area contributed by atoms with Gasteiger partial charge in [0.1, 0.15) is 0 Å². The second-order valence-corrected chi connectivity index (χ2v) is 6.31. The van der Waals surface area contributed by atoms with Gasteiger partial charge in [0.25, 0.3) is 10.0 Å². The summed E-state index contributed by atoms with van der Waals surface area (Å²) in [7, 11) is -3.52. The fourth-order valence-corrected chi connectivity index (χ4v) is 3.29. The summed E-state index contributed by atoms with van der Waals surface area (Å²) in [4.78, 5) is 2.57. The van der Waals surface area contributed by atoms with Gasteiger partial charge in [-0.1, -0.05) is 30.4 Å². The summed E-state index contributed by atoms with van der Waals surface area (Å²) in [5, 5.41) is 4.06. The Morgan fingerprint density at radius 3 is 2.72 bits per heavy atom. The SMILES string of the molecule is O=S(=O)(N/N=C1\C[C@@H]2C=CC[C@@H]12)c1ccccc1. The summed E-state index contributed by atoms with van der Waals surface area (Å²) >= 11 is 0. The highest BCUT2D eigenvalue weighted by Gasteiger charge is 2.38. The van der Waals surface area contributed by atoms with Crippen LogP contribution < -0.4 is 4.83 Å². The number of allylic oxidation sites excluding steroid dienone is 2. The van der Waals surface area contributed by atoms with Gasteiger partial charge in [-0.05, 0) is 30.9 Å². The Morgan fingerprint density at radius 2 is 2.00 bits per heavy atom. The number of fused-ring (bicyclic) bond motifs is 1. The summed E-state index contributed by atoms with van der Waals surface area (Å²) in [5.41, 5.74) is 0.963. The molecule has 0 saturated heterocycles. The molecule has 2 aliphatic rings. The van der Waals surface area contributed by atoms with Gasteiger partial charge in [0.05, 0.1) is 4.90 Å². The van der Waals surface area contributed by atoms with Crippen molar-refractivity contribution in [2.24, 2.45) is 16.9 Å². The Hall–Kier alpha value is -1.62. The van der Waals surface area contributed by atoms with E-state index in [1.165, 1.54) is 0 Å². The summed E-state index contributed by atoms with van der Waals surface area (Å²) in [6.07, 6.45) is 6.19. The van der Waals surface area contributed by atoms with Crippen molar-refractivity contribution in [1.29, 1.82) is 0 Å². The molecule has 2 aliphatic carbocycles. The molecule has 0 amide bonds. The molecule has 0 aromatic heterocycles. The number of rotatable bonds is 3. The van der Waals surface area contributed by atoms with Crippen molar-refractivity contribution in [3.05, 3.63) is 42.5 Å². The average Bonchev–Trinajstić information content (AvgIpc) is 2.72. The number of sulfonamides is 1. The van der Waals surface area contributed by atoms with Crippen molar-refractivity contribution >= 4 is 15.7 Å². The van der Waals surface area contributed by atoms with Crippen molar-refractivity contribution in [2.75, 3.05) is 0 Å². The first-order chi connectivity index (χ1) is 8.67. The highest BCUT2D eigenvalue weighted by molar-refractivity contribution is 7.89. The maximum atomic E-state index is 11.9. The third kappa shape index (κ3) is 1.95. The van der Waals surface area contributed by atoms with Gasteiger partial charge in [-0.25, -0.2) is 4.83 Å². The Balaban J connectivity index is 1.72. The number of hydrazone groups is 1. The Labute approximate surface area is 106 Å². The van der Waals surface area contributed by atoms with Gasteiger partial charge in [-0.2, -0.15) is 13.5 Å². The zero-order chi connectivity index (χ0) is 12.6. The van der Waals surface area contributed by atoms with Gasteiger partial charge in [0.15, 0.2) is 0 Å². The standard InChI is InChI=1S/C13H14N2O2S/c16-18(17,11-6-2-1-3-7-11)15-14-13-9-10-5-4-8-12(10)13/h1-7,10,12,15H,8-9H2/b14-13+/t10-,12+/m0/s1. The number of nitrogens with one attached hydrogen (secondary N) is 1. The molecule has 4 nitrogen and oxygen atoms in total. The first kappa shape index (κ1) is 11.5. The van der Waals surface area contributed by atoms with Crippen molar-refractivity contribution in [3.63, 3.8) is 0 Å². The van der Waals surface area contributed by atoms with Gasteiger partial charge >= 0.3 is 0 Å². The first-order valence-electron chi connectivity index (χ1n) is 5.97. The minimum Gasteiger partial charge on any atom is -0.200 e. The van der Waals surface area contributed by atoms with Crippen LogP contribution in [0, 0.1) is 11.8 Å². The van der Waals surface area contributed by atoms with Gasteiger partial charge in [-0.15, -0.1) is 0 Å².